The number of aromatic amines is 1. The van der Waals surface area contributed by atoms with Crippen molar-refractivity contribution >= 4 is 16.9 Å². The Morgan fingerprint density at radius 3 is 2.94 bits per heavy atom. The Hall–Kier alpha value is -2.43. The number of hydrogen-bond donors (Lipinski definition) is 2. The van der Waals surface area contributed by atoms with Crippen molar-refractivity contribution in [2.75, 3.05) is 5.32 Å². The Balaban J connectivity index is 1.91. The number of nitrogens with one attached hydrogen (secondary N) is 2. The van der Waals surface area contributed by atoms with Crippen molar-refractivity contribution in [1.82, 2.24) is 19.9 Å². The number of fused-ring (bicyclic) bond motifs is 1. The predicted molar refractivity (Wildman–Crippen MR) is 70.2 cm³/mol. The first-order valence-electron chi connectivity index (χ1n) is 5.80. The largest absolute Gasteiger partial charge is 0.361 e. The molecule has 5 nitrogen and oxygen atoms in total. The lowest BCUT2D eigenvalue weighted by atomic mass is 10.2. The van der Waals surface area contributed by atoms with Crippen molar-refractivity contribution in [3.63, 3.8) is 0 Å². The molecule has 0 spiro atoms. The number of rotatable bonds is 3. The first kappa shape index (κ1) is 10.7. The molecule has 0 amide bonds. The van der Waals surface area contributed by atoms with E-state index in [2.05, 4.69) is 32.2 Å². The van der Waals surface area contributed by atoms with Crippen LogP contribution >= 0.6 is 0 Å². The second-order valence-corrected chi connectivity index (χ2v) is 4.08. The number of anilines is 1. The third-order valence-electron chi connectivity index (χ3n) is 2.84. The van der Waals surface area contributed by atoms with Crippen molar-refractivity contribution in [3.05, 3.63) is 48.7 Å². The fourth-order valence-electron chi connectivity index (χ4n) is 1.90. The molecule has 90 valence electrons. The maximum Gasteiger partial charge on any atom is 0.142 e. The van der Waals surface area contributed by atoms with Gasteiger partial charge in [-0.3, -0.25) is 4.98 Å². The Kier molecular flexibility index (Phi) is 2.64. The summed E-state index contributed by atoms with van der Waals surface area (Å²) in [5.41, 5.74) is 1.82. The van der Waals surface area contributed by atoms with Crippen LogP contribution in [0.1, 0.15) is 18.7 Å². The van der Waals surface area contributed by atoms with Crippen LogP contribution in [0, 0.1) is 0 Å². The smallest absolute Gasteiger partial charge is 0.142 e. The van der Waals surface area contributed by atoms with E-state index in [0.29, 0.717) is 0 Å². The van der Waals surface area contributed by atoms with E-state index in [9.17, 15) is 0 Å². The average Bonchev–Trinajstić information content (AvgIpc) is 2.89. The fraction of sp³-hybridized carbons (Fsp3) is 0.154. The highest BCUT2D eigenvalue weighted by atomic mass is 15.1. The fourth-order valence-corrected chi connectivity index (χ4v) is 1.90. The third-order valence-corrected chi connectivity index (χ3v) is 2.84. The van der Waals surface area contributed by atoms with Gasteiger partial charge in [-0.2, -0.15) is 0 Å². The van der Waals surface area contributed by atoms with Gasteiger partial charge < -0.3 is 10.3 Å². The van der Waals surface area contributed by atoms with Crippen molar-refractivity contribution in [3.8, 4) is 0 Å². The number of hydrogen-bond acceptors (Lipinski definition) is 4. The topological polar surface area (TPSA) is 66.5 Å². The summed E-state index contributed by atoms with van der Waals surface area (Å²) in [5.74, 6) is 0.819. The van der Waals surface area contributed by atoms with Gasteiger partial charge in [0.2, 0.25) is 0 Å². The lowest BCUT2D eigenvalue weighted by Crippen LogP contribution is -2.09. The van der Waals surface area contributed by atoms with Crippen molar-refractivity contribution in [2.24, 2.45) is 0 Å². The van der Waals surface area contributed by atoms with Gasteiger partial charge in [0.1, 0.15) is 17.8 Å². The Labute approximate surface area is 104 Å². The first-order valence-corrected chi connectivity index (χ1v) is 5.80. The van der Waals surface area contributed by atoms with E-state index in [-0.39, 0.29) is 6.04 Å². The second-order valence-electron chi connectivity index (χ2n) is 4.08. The Morgan fingerprint density at radius 2 is 2.11 bits per heavy atom. The summed E-state index contributed by atoms with van der Waals surface area (Å²) in [6.07, 6.45) is 5.20. The van der Waals surface area contributed by atoms with Crippen molar-refractivity contribution in [1.29, 1.82) is 0 Å². The number of aromatic nitrogens is 4. The van der Waals surface area contributed by atoms with Crippen LogP contribution in [0.4, 0.5) is 5.82 Å². The molecule has 0 saturated heterocycles. The average molecular weight is 239 g/mol. The molecule has 2 N–H and O–H groups in total. The standard InChI is InChI=1S/C13H13N5/c1-9(11-4-2-3-6-14-11)18-13-10-5-7-15-12(10)16-8-17-13/h2-9H,1H3,(H2,15,16,17,18). The molecule has 0 bridgehead atoms. The molecule has 1 atom stereocenters. The highest BCUT2D eigenvalue weighted by Crippen LogP contribution is 2.22. The first-order chi connectivity index (χ1) is 8.84. The van der Waals surface area contributed by atoms with Crippen molar-refractivity contribution in [2.45, 2.75) is 13.0 Å². The van der Waals surface area contributed by atoms with Crippen LogP contribution in [-0.2, 0) is 0 Å². The van der Waals surface area contributed by atoms with Gasteiger partial charge in [0.25, 0.3) is 0 Å². The second kappa shape index (κ2) is 4.44. The summed E-state index contributed by atoms with van der Waals surface area (Å²) >= 11 is 0. The molecule has 0 fully saturated rings. The van der Waals surface area contributed by atoms with Gasteiger partial charge in [-0.05, 0) is 25.1 Å². The molecule has 0 aliphatic carbocycles. The minimum atomic E-state index is 0.0965. The summed E-state index contributed by atoms with van der Waals surface area (Å²) in [6, 6.07) is 7.94. The molecular weight excluding hydrogens is 226 g/mol. The molecule has 3 aromatic rings. The van der Waals surface area contributed by atoms with E-state index in [1.165, 1.54) is 0 Å². The molecule has 1 unspecified atom stereocenters. The number of nitrogens with zero attached hydrogens (tertiary/aromatic N) is 3. The predicted octanol–water partition coefficient (Wildman–Crippen LogP) is 2.53. The SMILES string of the molecule is CC(Nc1ncnc2[nH]ccc12)c1ccccn1. The minimum Gasteiger partial charge on any atom is -0.361 e. The molecule has 0 aliphatic heterocycles. The van der Waals surface area contributed by atoms with Gasteiger partial charge in [-0.25, -0.2) is 9.97 Å². The van der Waals surface area contributed by atoms with Crippen molar-refractivity contribution < 1.29 is 0 Å². The van der Waals surface area contributed by atoms with Crippen LogP contribution in [-0.4, -0.2) is 19.9 Å². The van der Waals surface area contributed by atoms with E-state index < -0.39 is 0 Å². The van der Waals surface area contributed by atoms with Crippen LogP contribution in [0.2, 0.25) is 0 Å². The van der Waals surface area contributed by atoms with E-state index in [1.807, 2.05) is 30.5 Å². The maximum absolute atomic E-state index is 4.33. The zero-order valence-electron chi connectivity index (χ0n) is 9.96. The summed E-state index contributed by atoms with van der Waals surface area (Å²) in [6.45, 7) is 2.06. The zero-order valence-corrected chi connectivity index (χ0v) is 9.96. The normalized spacial score (nSPS) is 12.5. The summed E-state index contributed by atoms with van der Waals surface area (Å²) < 4.78 is 0. The minimum absolute atomic E-state index is 0.0965. The van der Waals surface area contributed by atoms with E-state index in [1.54, 1.807) is 12.5 Å². The maximum atomic E-state index is 4.33. The molecule has 0 saturated carbocycles. The van der Waals surface area contributed by atoms with Gasteiger partial charge in [-0.15, -0.1) is 0 Å². The summed E-state index contributed by atoms with van der Waals surface area (Å²) in [7, 11) is 0. The van der Waals surface area contributed by atoms with Crippen LogP contribution < -0.4 is 5.32 Å². The van der Waals surface area contributed by atoms with Crippen LogP contribution in [0.3, 0.4) is 0 Å². The molecule has 3 aromatic heterocycles. The molecule has 0 aromatic carbocycles. The van der Waals surface area contributed by atoms with Gasteiger partial charge in [0.05, 0.1) is 17.1 Å². The number of H-pyrrole nitrogens is 1. The monoisotopic (exact) mass is 239 g/mol. The van der Waals surface area contributed by atoms with Gasteiger partial charge in [0.15, 0.2) is 0 Å². The van der Waals surface area contributed by atoms with E-state index in [4.69, 9.17) is 0 Å². The number of pyridine rings is 1. The summed E-state index contributed by atoms with van der Waals surface area (Å²) in [5, 5.41) is 4.34. The molecule has 18 heavy (non-hydrogen) atoms. The molecule has 5 heteroatoms. The lowest BCUT2D eigenvalue weighted by Gasteiger charge is -2.14. The van der Waals surface area contributed by atoms with E-state index in [0.717, 1.165) is 22.5 Å². The molecule has 3 rings (SSSR count). The van der Waals surface area contributed by atoms with Crippen LogP contribution in [0.25, 0.3) is 11.0 Å². The highest BCUT2D eigenvalue weighted by molar-refractivity contribution is 5.86. The quantitative estimate of drug-likeness (QED) is 0.737. The molecule has 3 heterocycles. The summed E-state index contributed by atoms with van der Waals surface area (Å²) in [4.78, 5) is 15.8. The Morgan fingerprint density at radius 1 is 1.17 bits per heavy atom. The highest BCUT2D eigenvalue weighted by Gasteiger charge is 2.10. The lowest BCUT2D eigenvalue weighted by molar-refractivity contribution is 0.833. The zero-order chi connectivity index (χ0) is 12.4. The van der Waals surface area contributed by atoms with Crippen LogP contribution in [0.15, 0.2) is 43.0 Å². The third kappa shape index (κ3) is 1.90. The van der Waals surface area contributed by atoms with Crippen LogP contribution in [0.5, 0.6) is 0 Å². The Bertz CT molecular complexity index is 647. The van der Waals surface area contributed by atoms with Gasteiger partial charge in [-0.1, -0.05) is 6.07 Å². The van der Waals surface area contributed by atoms with Gasteiger partial charge in [0, 0.05) is 12.4 Å². The molecular formula is C13H13N5. The molecule has 0 radical (unpaired) electrons. The molecule has 0 aliphatic rings. The van der Waals surface area contributed by atoms with E-state index >= 15 is 0 Å². The van der Waals surface area contributed by atoms with Gasteiger partial charge >= 0.3 is 0 Å².